The number of halogens is 1. The maximum Gasteiger partial charge on any atom is 0.262 e. The predicted molar refractivity (Wildman–Crippen MR) is 147 cm³/mol. The first-order valence-electron chi connectivity index (χ1n) is 12.0. The van der Waals surface area contributed by atoms with Crippen molar-refractivity contribution in [1.82, 2.24) is 30.4 Å². The van der Waals surface area contributed by atoms with Crippen LogP contribution in [-0.4, -0.2) is 53.0 Å². The zero-order valence-electron chi connectivity index (χ0n) is 20.0. The normalized spacial score (nSPS) is 18.0. The van der Waals surface area contributed by atoms with Gasteiger partial charge in [-0.05, 0) is 30.3 Å². The monoisotopic (exact) mass is 546 g/mol. The highest BCUT2D eigenvalue weighted by molar-refractivity contribution is 8.00. The topological polar surface area (TPSA) is 127 Å². The molecule has 5 aromatic rings. The first-order valence-corrected chi connectivity index (χ1v) is 13.5. The van der Waals surface area contributed by atoms with Crippen LogP contribution < -0.4 is 5.43 Å². The zero-order valence-corrected chi connectivity index (χ0v) is 21.5. The number of imidazole rings is 2. The highest BCUT2D eigenvalue weighted by Crippen LogP contribution is 2.40. The average Bonchev–Trinajstić information content (AvgIpc) is 3.55. The molecule has 0 bridgehead atoms. The number of nitrogens with one attached hydrogen (secondary N) is 3. The number of fused-ring (bicyclic) bond motifs is 2. The van der Waals surface area contributed by atoms with E-state index in [9.17, 15) is 14.7 Å². The van der Waals surface area contributed by atoms with Crippen LogP contribution in [0.15, 0.2) is 72.8 Å². The number of benzene rings is 3. The van der Waals surface area contributed by atoms with E-state index in [1.807, 2.05) is 48.5 Å². The summed E-state index contributed by atoms with van der Waals surface area (Å²) in [6, 6.07) is 21.5. The first kappa shape index (κ1) is 24.3. The lowest BCUT2D eigenvalue weighted by molar-refractivity contribution is -0.155. The number of aromatic amines is 2. The van der Waals surface area contributed by atoms with E-state index in [4.69, 9.17) is 21.6 Å². The van der Waals surface area contributed by atoms with E-state index >= 15 is 0 Å². The summed E-state index contributed by atoms with van der Waals surface area (Å²) in [4.78, 5) is 41.6. The van der Waals surface area contributed by atoms with Crippen LogP contribution in [0.5, 0.6) is 5.75 Å². The molecule has 0 spiro atoms. The SMILES string of the molecule is O=C(CSC(Cc1nc2ccccc2[nH]1)c1nc2ccccc2[nH]1)NN1C(=O)C(Cl)C1c1ccccc1O. The van der Waals surface area contributed by atoms with Crippen LogP contribution in [0.25, 0.3) is 22.1 Å². The first-order chi connectivity index (χ1) is 18.5. The standard InChI is InChI=1S/C27H23ClN6O3S/c28-24-25(15-7-1-6-12-20(15)35)34(27(24)37)33-23(36)14-38-21(26-31-18-10-4-5-11-19(18)32-26)13-22-29-16-8-2-3-9-17(16)30-22/h1-12,21,24-25,35H,13-14H2,(H,29,30)(H,31,32)(H,33,36). The van der Waals surface area contributed by atoms with Gasteiger partial charge in [-0.1, -0.05) is 42.5 Å². The number of β-lactam (4-membered cyclic amide) rings is 1. The number of phenols is 1. The Morgan fingerprint density at radius 2 is 1.66 bits per heavy atom. The van der Waals surface area contributed by atoms with E-state index < -0.39 is 17.3 Å². The summed E-state index contributed by atoms with van der Waals surface area (Å²) in [6.45, 7) is 0. The fourth-order valence-electron chi connectivity index (χ4n) is 4.59. The van der Waals surface area contributed by atoms with E-state index in [1.54, 1.807) is 18.2 Å². The quantitative estimate of drug-likeness (QED) is 0.169. The number of amides is 2. The number of aromatic nitrogens is 4. The number of carbonyl (C=O) groups excluding carboxylic acids is 2. The van der Waals surface area contributed by atoms with Crippen molar-refractivity contribution in [2.24, 2.45) is 0 Å². The molecule has 0 aliphatic carbocycles. The number of H-pyrrole nitrogens is 2. The van der Waals surface area contributed by atoms with Crippen molar-refractivity contribution >= 4 is 57.2 Å². The number of hydrogen-bond acceptors (Lipinski definition) is 6. The summed E-state index contributed by atoms with van der Waals surface area (Å²) in [5.41, 5.74) is 6.70. The van der Waals surface area contributed by atoms with Gasteiger partial charge < -0.3 is 15.1 Å². The van der Waals surface area contributed by atoms with E-state index in [-0.39, 0.29) is 22.7 Å². The average molecular weight is 547 g/mol. The van der Waals surface area contributed by atoms with Crippen molar-refractivity contribution < 1.29 is 14.7 Å². The third-order valence-corrected chi connectivity index (χ3v) is 8.12. The summed E-state index contributed by atoms with van der Waals surface area (Å²) in [7, 11) is 0. The molecule has 38 heavy (non-hydrogen) atoms. The molecule has 9 nitrogen and oxygen atoms in total. The molecule has 3 heterocycles. The van der Waals surface area contributed by atoms with Gasteiger partial charge in [-0.25, -0.2) is 15.0 Å². The Morgan fingerprint density at radius 3 is 2.37 bits per heavy atom. The minimum Gasteiger partial charge on any atom is -0.508 e. The number of phenolic OH excluding ortho intramolecular Hbond substituents is 1. The molecule has 0 saturated carbocycles. The molecule has 11 heteroatoms. The number of para-hydroxylation sites is 5. The molecular formula is C27H23ClN6O3S. The molecule has 0 radical (unpaired) electrons. The van der Waals surface area contributed by atoms with Gasteiger partial charge >= 0.3 is 0 Å². The van der Waals surface area contributed by atoms with Crippen molar-refractivity contribution in [3.8, 4) is 5.75 Å². The Morgan fingerprint density at radius 1 is 1.00 bits per heavy atom. The van der Waals surface area contributed by atoms with Gasteiger partial charge in [0.05, 0.1) is 33.1 Å². The minimum atomic E-state index is -0.868. The molecule has 192 valence electrons. The van der Waals surface area contributed by atoms with Gasteiger partial charge in [0.1, 0.15) is 28.8 Å². The molecule has 3 aromatic carbocycles. The third-order valence-electron chi connectivity index (χ3n) is 6.47. The van der Waals surface area contributed by atoms with Crippen molar-refractivity contribution in [1.29, 1.82) is 0 Å². The molecule has 1 saturated heterocycles. The molecule has 6 rings (SSSR count). The highest BCUT2D eigenvalue weighted by Gasteiger charge is 2.49. The maximum absolute atomic E-state index is 13.0. The molecule has 1 fully saturated rings. The van der Waals surface area contributed by atoms with E-state index in [1.165, 1.54) is 22.8 Å². The minimum absolute atomic E-state index is 0.0139. The smallest absolute Gasteiger partial charge is 0.262 e. The van der Waals surface area contributed by atoms with Gasteiger partial charge in [-0.3, -0.25) is 15.0 Å². The van der Waals surface area contributed by atoms with Crippen LogP contribution in [0.4, 0.5) is 0 Å². The van der Waals surface area contributed by atoms with E-state index in [0.29, 0.717) is 12.0 Å². The second kappa shape index (κ2) is 10.0. The summed E-state index contributed by atoms with van der Waals surface area (Å²) >= 11 is 7.63. The molecule has 2 aromatic heterocycles. The lowest BCUT2D eigenvalue weighted by Crippen LogP contribution is -2.63. The number of thioether (sulfide) groups is 1. The molecule has 3 unspecified atom stereocenters. The van der Waals surface area contributed by atoms with Crippen LogP contribution in [0, 0.1) is 0 Å². The summed E-state index contributed by atoms with van der Waals surface area (Å²) in [5.74, 6) is 0.809. The van der Waals surface area contributed by atoms with Gasteiger partial charge in [0.15, 0.2) is 0 Å². The number of aromatic hydroxyl groups is 1. The maximum atomic E-state index is 13.0. The van der Waals surface area contributed by atoms with E-state index in [2.05, 4.69) is 15.4 Å². The van der Waals surface area contributed by atoms with Gasteiger partial charge in [-0.2, -0.15) is 0 Å². The second-order valence-corrected chi connectivity index (χ2v) is 10.7. The summed E-state index contributed by atoms with van der Waals surface area (Å²) in [6.07, 6.45) is 0.513. The van der Waals surface area contributed by atoms with Crippen LogP contribution in [0.1, 0.15) is 28.5 Å². The third kappa shape index (κ3) is 4.57. The van der Waals surface area contributed by atoms with Crippen molar-refractivity contribution in [2.45, 2.75) is 23.1 Å². The molecular weight excluding hydrogens is 524 g/mol. The number of hydrogen-bond donors (Lipinski definition) is 4. The number of carbonyl (C=O) groups is 2. The summed E-state index contributed by atoms with van der Waals surface area (Å²) < 4.78 is 0. The number of nitrogens with zero attached hydrogens (tertiary/aromatic N) is 3. The Labute approximate surface area is 226 Å². The van der Waals surface area contributed by atoms with Gasteiger partial charge in [-0.15, -0.1) is 23.4 Å². The zero-order chi connectivity index (χ0) is 26.2. The van der Waals surface area contributed by atoms with Crippen molar-refractivity contribution in [3.05, 3.63) is 90.0 Å². The number of hydrazine groups is 1. The Bertz CT molecular complexity index is 1590. The van der Waals surface area contributed by atoms with Crippen molar-refractivity contribution in [3.63, 3.8) is 0 Å². The molecule has 1 aliphatic heterocycles. The number of rotatable bonds is 8. The predicted octanol–water partition coefficient (Wildman–Crippen LogP) is 4.38. The van der Waals surface area contributed by atoms with Crippen molar-refractivity contribution in [2.75, 3.05) is 5.75 Å². The van der Waals surface area contributed by atoms with Gasteiger partial charge in [0, 0.05) is 12.0 Å². The fraction of sp³-hybridized carbons (Fsp3) is 0.185. The Balaban J connectivity index is 1.19. The Hall–Kier alpha value is -4.02. The van der Waals surface area contributed by atoms with E-state index in [0.717, 1.165) is 33.7 Å². The molecule has 2 amide bonds. The molecule has 3 atom stereocenters. The van der Waals surface area contributed by atoms with Crippen LogP contribution >= 0.6 is 23.4 Å². The lowest BCUT2D eigenvalue weighted by atomic mass is 9.94. The van der Waals surface area contributed by atoms with Gasteiger partial charge in [0.2, 0.25) is 5.91 Å². The Kier molecular flexibility index (Phi) is 6.42. The summed E-state index contributed by atoms with van der Waals surface area (Å²) in [5, 5.41) is 10.3. The van der Waals surface area contributed by atoms with Crippen LogP contribution in [0.3, 0.4) is 0 Å². The van der Waals surface area contributed by atoms with Crippen LogP contribution in [0.2, 0.25) is 0 Å². The molecule has 1 aliphatic rings. The lowest BCUT2D eigenvalue weighted by Gasteiger charge is -2.44. The molecule has 4 N–H and O–H groups in total. The number of alkyl halides is 1. The van der Waals surface area contributed by atoms with Gasteiger partial charge in [0.25, 0.3) is 5.91 Å². The van der Waals surface area contributed by atoms with Crippen LogP contribution in [-0.2, 0) is 16.0 Å². The second-order valence-electron chi connectivity index (χ2n) is 8.99. The highest BCUT2D eigenvalue weighted by atomic mass is 35.5. The largest absolute Gasteiger partial charge is 0.508 e. The fourth-order valence-corrected chi connectivity index (χ4v) is 5.91.